The first kappa shape index (κ1) is 17.0. The van der Waals surface area contributed by atoms with E-state index < -0.39 is 0 Å². The van der Waals surface area contributed by atoms with Crippen molar-refractivity contribution < 1.29 is 19.1 Å². The summed E-state index contributed by atoms with van der Waals surface area (Å²) in [4.78, 5) is 25.9. The third-order valence-corrected chi connectivity index (χ3v) is 7.27. The highest BCUT2D eigenvalue weighted by Gasteiger charge is 2.73. The van der Waals surface area contributed by atoms with Crippen molar-refractivity contribution in [3.8, 4) is 11.5 Å². The van der Waals surface area contributed by atoms with Gasteiger partial charge in [-0.3, -0.25) is 9.59 Å². The van der Waals surface area contributed by atoms with E-state index >= 15 is 0 Å². The number of hydrogen-bond acceptors (Lipinski definition) is 5. The molecule has 2 amide bonds. The van der Waals surface area contributed by atoms with Crippen LogP contribution in [0.25, 0.3) is 0 Å². The standard InChI is InChI=1S/C20H19BrN2O4/c1-26-14-8-15(27-2)13(21)7-10(14)9-22-23-18(24)16-11-3-4-12(17(16)19(23)25)20(11)5-6-20/h3-4,7-9,11-12,16-17H,5-6H2,1-2H3/t11-,12-,16-,17-/m1/s1. The molecule has 1 aromatic carbocycles. The van der Waals surface area contributed by atoms with Crippen molar-refractivity contribution in [1.82, 2.24) is 5.01 Å². The van der Waals surface area contributed by atoms with E-state index in [-0.39, 0.29) is 40.9 Å². The Kier molecular flexibility index (Phi) is 3.57. The van der Waals surface area contributed by atoms with Crippen LogP contribution in [0.4, 0.5) is 0 Å². The van der Waals surface area contributed by atoms with E-state index in [4.69, 9.17) is 9.47 Å². The number of hydrazone groups is 1. The Balaban J connectivity index is 1.44. The molecule has 4 atom stereocenters. The number of rotatable bonds is 4. The summed E-state index contributed by atoms with van der Waals surface area (Å²) in [5.74, 6) is 0.767. The Morgan fingerprint density at radius 3 is 2.19 bits per heavy atom. The van der Waals surface area contributed by atoms with Gasteiger partial charge in [-0.2, -0.15) is 10.1 Å². The molecule has 7 heteroatoms. The summed E-state index contributed by atoms with van der Waals surface area (Å²) in [6, 6.07) is 3.52. The number of hydrogen-bond donors (Lipinski definition) is 0. The highest BCUT2D eigenvalue weighted by atomic mass is 79.9. The molecule has 0 unspecified atom stereocenters. The zero-order valence-electron chi connectivity index (χ0n) is 15.0. The number of benzene rings is 1. The number of ether oxygens (including phenoxy) is 2. The predicted octanol–water partition coefficient (Wildman–Crippen LogP) is 3.00. The summed E-state index contributed by atoms with van der Waals surface area (Å²) < 4.78 is 11.4. The zero-order chi connectivity index (χ0) is 18.9. The lowest BCUT2D eigenvalue weighted by Gasteiger charge is -2.18. The second kappa shape index (κ2) is 5.67. The van der Waals surface area contributed by atoms with Gasteiger partial charge in [-0.1, -0.05) is 12.2 Å². The van der Waals surface area contributed by atoms with E-state index in [0.717, 1.165) is 22.3 Å². The Morgan fingerprint density at radius 1 is 1.07 bits per heavy atom. The molecular formula is C20H19BrN2O4. The van der Waals surface area contributed by atoms with Gasteiger partial charge in [-0.05, 0) is 52.1 Å². The van der Waals surface area contributed by atoms with Gasteiger partial charge >= 0.3 is 0 Å². The number of amides is 2. The lowest BCUT2D eigenvalue weighted by molar-refractivity contribution is -0.141. The predicted molar refractivity (Wildman–Crippen MR) is 101 cm³/mol. The lowest BCUT2D eigenvalue weighted by atomic mass is 9.85. The SMILES string of the molecule is COc1cc(OC)c(C=NN2C(=O)[C@H]3[C@H](C2=O)[C@H]2C=C[C@H]3C23CC3)cc1Br. The number of methoxy groups -OCH3 is 2. The van der Waals surface area contributed by atoms with Crippen LogP contribution in [0, 0.1) is 29.1 Å². The van der Waals surface area contributed by atoms with Crippen LogP contribution in [-0.4, -0.2) is 37.3 Å². The second-order valence-corrected chi connectivity index (χ2v) is 8.54. The van der Waals surface area contributed by atoms with Gasteiger partial charge in [-0.25, -0.2) is 0 Å². The minimum absolute atomic E-state index is 0.170. The van der Waals surface area contributed by atoms with Crippen LogP contribution in [0.5, 0.6) is 11.5 Å². The fourth-order valence-electron chi connectivity index (χ4n) is 5.28. The first-order valence-electron chi connectivity index (χ1n) is 9.03. The summed E-state index contributed by atoms with van der Waals surface area (Å²) in [5, 5.41) is 5.31. The van der Waals surface area contributed by atoms with Crippen LogP contribution >= 0.6 is 15.9 Å². The maximum Gasteiger partial charge on any atom is 0.254 e. The highest BCUT2D eigenvalue weighted by Crippen LogP contribution is 2.73. The summed E-state index contributed by atoms with van der Waals surface area (Å²) in [6.07, 6.45) is 8.07. The summed E-state index contributed by atoms with van der Waals surface area (Å²) in [7, 11) is 3.12. The van der Waals surface area contributed by atoms with E-state index in [9.17, 15) is 9.59 Å². The molecule has 1 spiro atoms. The molecule has 140 valence electrons. The van der Waals surface area contributed by atoms with Crippen LogP contribution in [0.2, 0.25) is 0 Å². The molecule has 3 aliphatic carbocycles. The molecule has 27 heavy (non-hydrogen) atoms. The highest BCUT2D eigenvalue weighted by molar-refractivity contribution is 9.10. The third-order valence-electron chi connectivity index (χ3n) is 6.65. The normalized spacial score (nSPS) is 32.0. The molecular weight excluding hydrogens is 412 g/mol. The Morgan fingerprint density at radius 2 is 1.67 bits per heavy atom. The van der Waals surface area contributed by atoms with E-state index in [1.54, 1.807) is 26.4 Å². The molecule has 1 heterocycles. The van der Waals surface area contributed by atoms with Crippen LogP contribution in [0.1, 0.15) is 18.4 Å². The molecule has 1 aromatic rings. The number of imide groups is 1. The average molecular weight is 431 g/mol. The first-order valence-corrected chi connectivity index (χ1v) is 9.83. The maximum atomic E-state index is 12.9. The Labute approximate surface area is 165 Å². The van der Waals surface area contributed by atoms with Crippen LogP contribution < -0.4 is 9.47 Å². The van der Waals surface area contributed by atoms with Crippen molar-refractivity contribution >= 4 is 34.0 Å². The molecule has 4 aliphatic rings. The van der Waals surface area contributed by atoms with Gasteiger partial charge in [0.15, 0.2) is 0 Å². The Bertz CT molecular complexity index is 887. The van der Waals surface area contributed by atoms with E-state index in [1.165, 1.54) is 6.21 Å². The van der Waals surface area contributed by atoms with Gasteiger partial charge in [0.2, 0.25) is 0 Å². The monoisotopic (exact) mass is 430 g/mol. The molecule has 5 rings (SSSR count). The Hall–Kier alpha value is -2.15. The molecule has 2 saturated carbocycles. The minimum Gasteiger partial charge on any atom is -0.496 e. The zero-order valence-corrected chi connectivity index (χ0v) is 16.6. The van der Waals surface area contributed by atoms with Crippen LogP contribution in [0.15, 0.2) is 33.9 Å². The molecule has 6 nitrogen and oxygen atoms in total. The quantitative estimate of drug-likeness (QED) is 0.418. The molecule has 0 N–H and O–H groups in total. The molecule has 0 aromatic heterocycles. The summed E-state index contributed by atoms with van der Waals surface area (Å²) in [6.45, 7) is 0. The van der Waals surface area contributed by atoms with Gasteiger partial charge < -0.3 is 9.47 Å². The van der Waals surface area contributed by atoms with E-state index in [1.807, 2.05) is 0 Å². The second-order valence-electron chi connectivity index (χ2n) is 7.68. The summed E-state index contributed by atoms with van der Waals surface area (Å²) in [5.41, 5.74) is 0.850. The van der Waals surface area contributed by atoms with E-state index in [0.29, 0.717) is 17.1 Å². The van der Waals surface area contributed by atoms with Crippen molar-refractivity contribution in [2.75, 3.05) is 14.2 Å². The van der Waals surface area contributed by atoms with E-state index in [2.05, 4.69) is 33.2 Å². The molecule has 1 saturated heterocycles. The molecule has 3 fully saturated rings. The number of carbonyl (C=O) groups excluding carboxylic acids is 2. The number of allylic oxidation sites excluding steroid dienone is 2. The van der Waals surface area contributed by atoms with Crippen LogP contribution in [0.3, 0.4) is 0 Å². The van der Waals surface area contributed by atoms with Crippen LogP contribution in [-0.2, 0) is 9.59 Å². The summed E-state index contributed by atoms with van der Waals surface area (Å²) >= 11 is 3.43. The van der Waals surface area contributed by atoms with Gasteiger partial charge in [0.1, 0.15) is 11.5 Å². The number of halogens is 1. The molecule has 0 radical (unpaired) electrons. The fourth-order valence-corrected chi connectivity index (χ4v) is 5.80. The first-order chi connectivity index (χ1) is 13.0. The number of nitrogens with zero attached hydrogens (tertiary/aromatic N) is 2. The lowest BCUT2D eigenvalue weighted by Crippen LogP contribution is -2.30. The third kappa shape index (κ3) is 2.15. The average Bonchev–Trinajstić information content (AvgIpc) is 3.27. The topological polar surface area (TPSA) is 68.2 Å². The maximum absolute atomic E-state index is 12.9. The molecule has 2 bridgehead atoms. The van der Waals surface area contributed by atoms with Gasteiger partial charge in [0.05, 0.1) is 36.7 Å². The number of carbonyl (C=O) groups is 2. The smallest absolute Gasteiger partial charge is 0.254 e. The van der Waals surface area contributed by atoms with Gasteiger partial charge in [-0.15, -0.1) is 0 Å². The molecule has 1 aliphatic heterocycles. The van der Waals surface area contributed by atoms with Crippen molar-refractivity contribution in [2.45, 2.75) is 12.8 Å². The van der Waals surface area contributed by atoms with Gasteiger partial charge in [0.25, 0.3) is 11.8 Å². The van der Waals surface area contributed by atoms with Crippen molar-refractivity contribution in [1.29, 1.82) is 0 Å². The minimum atomic E-state index is -0.239. The fraction of sp³-hybridized carbons (Fsp3) is 0.450. The number of fused-ring (bicyclic) bond motifs is 3. The largest absolute Gasteiger partial charge is 0.496 e. The van der Waals surface area contributed by atoms with Crippen molar-refractivity contribution in [3.63, 3.8) is 0 Å². The van der Waals surface area contributed by atoms with Crippen molar-refractivity contribution in [2.24, 2.45) is 34.2 Å². The van der Waals surface area contributed by atoms with Gasteiger partial charge in [0, 0.05) is 11.6 Å². The van der Waals surface area contributed by atoms with Crippen molar-refractivity contribution in [3.05, 3.63) is 34.3 Å².